The molecule has 1 aromatic rings. The van der Waals surface area contributed by atoms with Gasteiger partial charge >= 0.3 is 0 Å². The molecule has 6 heteroatoms. The summed E-state index contributed by atoms with van der Waals surface area (Å²) < 4.78 is 25.2. The van der Waals surface area contributed by atoms with Gasteiger partial charge in [0.15, 0.2) is 0 Å². The van der Waals surface area contributed by atoms with Gasteiger partial charge in [-0.15, -0.1) is 0 Å². The molecule has 5 nitrogen and oxygen atoms in total. The smallest absolute Gasteiger partial charge is 0.220 e. The minimum atomic E-state index is -3.25. The zero-order valence-corrected chi connectivity index (χ0v) is 13.5. The quantitative estimate of drug-likeness (QED) is 0.750. The summed E-state index contributed by atoms with van der Waals surface area (Å²) >= 11 is 0. The topological polar surface area (TPSA) is 75.3 Å². The lowest BCUT2D eigenvalue weighted by molar-refractivity contribution is -0.121. The van der Waals surface area contributed by atoms with Gasteiger partial charge in [0.25, 0.3) is 0 Å². The van der Waals surface area contributed by atoms with Gasteiger partial charge in [0, 0.05) is 13.0 Å². The Balaban J connectivity index is 1.81. The fraction of sp³-hybridized carbons (Fsp3) is 0.438. The summed E-state index contributed by atoms with van der Waals surface area (Å²) in [7, 11) is -1.85. The molecule has 1 aromatic carbocycles. The van der Waals surface area contributed by atoms with Crippen molar-refractivity contribution >= 4 is 15.9 Å². The third kappa shape index (κ3) is 5.27. The van der Waals surface area contributed by atoms with Crippen molar-refractivity contribution < 1.29 is 13.2 Å². The lowest BCUT2D eigenvalue weighted by atomic mass is 10.0. The van der Waals surface area contributed by atoms with E-state index in [9.17, 15) is 13.2 Å². The number of carbonyl (C=O) groups is 1. The van der Waals surface area contributed by atoms with E-state index in [2.05, 4.69) is 22.2 Å². The van der Waals surface area contributed by atoms with E-state index in [4.69, 9.17) is 0 Å². The molecule has 1 amide bonds. The Kier molecular flexibility index (Phi) is 5.74. The van der Waals surface area contributed by atoms with Gasteiger partial charge in [-0.1, -0.05) is 36.4 Å². The van der Waals surface area contributed by atoms with Crippen LogP contribution in [0.5, 0.6) is 0 Å². The van der Waals surface area contributed by atoms with Gasteiger partial charge in [-0.05, 0) is 36.9 Å². The van der Waals surface area contributed by atoms with E-state index in [1.165, 1.54) is 7.05 Å². The molecule has 0 radical (unpaired) electrons. The van der Waals surface area contributed by atoms with Crippen LogP contribution in [0.4, 0.5) is 0 Å². The van der Waals surface area contributed by atoms with Gasteiger partial charge < -0.3 is 5.32 Å². The molecule has 120 valence electrons. The number of sulfonamides is 1. The number of hydrogen-bond donors (Lipinski definition) is 2. The predicted octanol–water partition coefficient (Wildman–Crippen LogP) is 1.71. The van der Waals surface area contributed by atoms with E-state index >= 15 is 0 Å². The van der Waals surface area contributed by atoms with E-state index in [0.29, 0.717) is 18.9 Å². The average Bonchev–Trinajstić information content (AvgIpc) is 2.99. The maximum atomic E-state index is 11.8. The molecule has 2 rings (SSSR count). The van der Waals surface area contributed by atoms with Crippen molar-refractivity contribution in [3.63, 3.8) is 0 Å². The molecule has 2 N–H and O–H groups in total. The van der Waals surface area contributed by atoms with Crippen LogP contribution in [0.2, 0.25) is 0 Å². The fourth-order valence-corrected chi connectivity index (χ4v) is 3.20. The van der Waals surface area contributed by atoms with Crippen molar-refractivity contribution in [2.45, 2.75) is 31.6 Å². The van der Waals surface area contributed by atoms with Crippen LogP contribution in [0.15, 0.2) is 36.4 Å². The van der Waals surface area contributed by atoms with Crippen LogP contribution in [-0.4, -0.2) is 21.4 Å². The van der Waals surface area contributed by atoms with Crippen molar-refractivity contribution in [2.24, 2.45) is 5.92 Å². The van der Waals surface area contributed by atoms with Gasteiger partial charge in [-0.3, -0.25) is 4.79 Å². The highest BCUT2D eigenvalue weighted by Gasteiger charge is 2.13. The average molecular weight is 322 g/mol. The summed E-state index contributed by atoms with van der Waals surface area (Å²) in [5.74, 6) is 0.386. The van der Waals surface area contributed by atoms with E-state index in [0.717, 1.165) is 24.0 Å². The molecule has 0 aliphatic heterocycles. The van der Waals surface area contributed by atoms with Crippen LogP contribution in [0.25, 0.3) is 0 Å². The first kappa shape index (κ1) is 16.7. The van der Waals surface area contributed by atoms with E-state index in [1.54, 1.807) is 12.1 Å². The molecule has 1 aliphatic rings. The SMILES string of the molecule is CNS(=O)(=O)Cc1ccc(CNC(=O)CC2C=CCC2)cc1. The number of hydrogen-bond acceptors (Lipinski definition) is 3. The van der Waals surface area contributed by atoms with Crippen molar-refractivity contribution in [1.82, 2.24) is 10.0 Å². The molecule has 1 unspecified atom stereocenters. The Morgan fingerprint density at radius 2 is 1.91 bits per heavy atom. The van der Waals surface area contributed by atoms with Gasteiger partial charge in [0.1, 0.15) is 0 Å². The number of carbonyl (C=O) groups excluding carboxylic acids is 1. The second kappa shape index (κ2) is 7.56. The second-order valence-corrected chi connectivity index (χ2v) is 7.45. The molecule has 0 bridgehead atoms. The molecule has 0 aromatic heterocycles. The van der Waals surface area contributed by atoms with E-state index < -0.39 is 10.0 Å². The van der Waals surface area contributed by atoms with Crippen molar-refractivity contribution in [3.05, 3.63) is 47.5 Å². The van der Waals surface area contributed by atoms with Crippen molar-refractivity contribution in [1.29, 1.82) is 0 Å². The van der Waals surface area contributed by atoms with Gasteiger partial charge in [0.2, 0.25) is 15.9 Å². The van der Waals surface area contributed by atoms with Crippen LogP contribution in [0, 0.1) is 5.92 Å². The molecule has 1 atom stereocenters. The van der Waals surface area contributed by atoms with Gasteiger partial charge in [-0.25, -0.2) is 13.1 Å². The molecular weight excluding hydrogens is 300 g/mol. The highest BCUT2D eigenvalue weighted by atomic mass is 32.2. The van der Waals surface area contributed by atoms with Crippen LogP contribution in [0.1, 0.15) is 30.4 Å². The Morgan fingerprint density at radius 3 is 2.50 bits per heavy atom. The van der Waals surface area contributed by atoms with Crippen LogP contribution in [0.3, 0.4) is 0 Å². The minimum absolute atomic E-state index is 0.0375. The molecule has 1 aliphatic carbocycles. The van der Waals surface area contributed by atoms with Crippen LogP contribution in [-0.2, 0) is 27.1 Å². The number of amides is 1. The summed E-state index contributed by atoms with van der Waals surface area (Å²) in [6, 6.07) is 7.23. The molecular formula is C16H22N2O3S. The van der Waals surface area contributed by atoms with E-state index in [-0.39, 0.29) is 11.7 Å². The summed E-state index contributed by atoms with van der Waals surface area (Å²) in [6.07, 6.45) is 6.89. The first-order chi connectivity index (χ1) is 10.5. The van der Waals surface area contributed by atoms with Crippen LogP contribution < -0.4 is 10.0 Å². The largest absolute Gasteiger partial charge is 0.352 e. The monoisotopic (exact) mass is 322 g/mol. The van der Waals surface area contributed by atoms with Crippen LogP contribution >= 0.6 is 0 Å². The van der Waals surface area contributed by atoms with Gasteiger partial charge in [-0.2, -0.15) is 0 Å². The normalized spacial score (nSPS) is 17.6. The minimum Gasteiger partial charge on any atom is -0.352 e. The summed E-state index contributed by atoms with van der Waals surface area (Å²) in [6.45, 7) is 0.467. The van der Waals surface area contributed by atoms with E-state index in [1.807, 2.05) is 12.1 Å². The third-order valence-corrected chi connectivity index (χ3v) is 5.08. The predicted molar refractivity (Wildman–Crippen MR) is 86.5 cm³/mol. The second-order valence-electron chi connectivity index (χ2n) is 5.53. The number of rotatable bonds is 7. The van der Waals surface area contributed by atoms with Gasteiger partial charge in [0.05, 0.1) is 5.75 Å². The zero-order chi connectivity index (χ0) is 16.0. The third-order valence-electron chi connectivity index (χ3n) is 3.74. The maximum Gasteiger partial charge on any atom is 0.220 e. The van der Waals surface area contributed by atoms with Crippen molar-refractivity contribution in [2.75, 3.05) is 7.05 Å². The first-order valence-electron chi connectivity index (χ1n) is 7.41. The molecule has 0 spiro atoms. The lowest BCUT2D eigenvalue weighted by Gasteiger charge is -2.09. The molecule has 0 heterocycles. The first-order valence-corrected chi connectivity index (χ1v) is 9.06. The number of benzene rings is 1. The standard InChI is InChI=1S/C16H22N2O3S/c1-17-22(20,21)12-15-8-6-14(7-9-15)11-18-16(19)10-13-4-2-3-5-13/h2,4,6-9,13,17H,3,5,10-12H2,1H3,(H,18,19). The molecule has 22 heavy (non-hydrogen) atoms. The van der Waals surface area contributed by atoms with Crippen molar-refractivity contribution in [3.8, 4) is 0 Å². The molecule has 0 saturated carbocycles. The maximum absolute atomic E-state index is 11.8. The highest BCUT2D eigenvalue weighted by molar-refractivity contribution is 7.88. The number of allylic oxidation sites excluding steroid dienone is 2. The Morgan fingerprint density at radius 1 is 1.23 bits per heavy atom. The summed E-state index contributed by atoms with van der Waals surface area (Å²) in [4.78, 5) is 11.8. The Labute approximate surface area is 131 Å². The lowest BCUT2D eigenvalue weighted by Crippen LogP contribution is -2.24. The molecule has 0 fully saturated rings. The zero-order valence-electron chi connectivity index (χ0n) is 12.7. The summed E-state index contributed by atoms with van der Waals surface area (Å²) in [5, 5.41) is 2.90. The summed E-state index contributed by atoms with van der Waals surface area (Å²) in [5.41, 5.74) is 1.68. The Hall–Kier alpha value is -1.66. The number of nitrogens with one attached hydrogen (secondary N) is 2. The fourth-order valence-electron chi connectivity index (χ4n) is 2.42. The Bertz CT molecular complexity index is 636. The highest BCUT2D eigenvalue weighted by Crippen LogP contribution is 2.20. The molecule has 0 saturated heterocycles.